The van der Waals surface area contributed by atoms with Crippen LogP contribution in [0, 0.1) is 12.7 Å². The Morgan fingerprint density at radius 3 is 2.53 bits per heavy atom. The molecule has 0 atom stereocenters. The quantitative estimate of drug-likeness (QED) is 0.883. The molecule has 1 heterocycles. The van der Waals surface area contributed by atoms with Gasteiger partial charge in [0, 0.05) is 13.5 Å². The standard InChI is InChI=1S/C13H15FN2O/c1-9-12(17-13(15-2)16-9)8-5-10-3-6-11(14)7-4-10/h3-4,6-7H,5,8H2,1-2H3,(H,15,16). The predicted octanol–water partition coefficient (Wildman–Crippen LogP) is 2.95. The molecule has 4 heteroatoms. The smallest absolute Gasteiger partial charge is 0.294 e. The Bertz CT molecular complexity index is 491. The van der Waals surface area contributed by atoms with E-state index in [0.717, 1.165) is 29.9 Å². The first-order chi connectivity index (χ1) is 8.19. The molecule has 0 aliphatic heterocycles. The molecule has 0 saturated heterocycles. The first-order valence-corrected chi connectivity index (χ1v) is 5.57. The maximum absolute atomic E-state index is 12.7. The highest BCUT2D eigenvalue weighted by atomic mass is 19.1. The lowest BCUT2D eigenvalue weighted by atomic mass is 10.1. The molecule has 0 bridgehead atoms. The highest BCUT2D eigenvalue weighted by Gasteiger charge is 2.08. The minimum atomic E-state index is -0.206. The fourth-order valence-corrected chi connectivity index (χ4v) is 1.68. The van der Waals surface area contributed by atoms with Crippen molar-refractivity contribution in [3.63, 3.8) is 0 Å². The summed E-state index contributed by atoms with van der Waals surface area (Å²) in [5.41, 5.74) is 1.99. The molecule has 0 aliphatic carbocycles. The lowest BCUT2D eigenvalue weighted by Gasteiger charge is -1.99. The first kappa shape index (κ1) is 11.6. The second-order valence-electron chi connectivity index (χ2n) is 3.90. The van der Waals surface area contributed by atoms with Crippen LogP contribution in [-0.4, -0.2) is 12.0 Å². The molecule has 0 amide bonds. The largest absolute Gasteiger partial charge is 0.428 e. The maximum Gasteiger partial charge on any atom is 0.294 e. The number of aryl methyl sites for hydroxylation is 3. The molecule has 17 heavy (non-hydrogen) atoms. The molecule has 0 radical (unpaired) electrons. The van der Waals surface area contributed by atoms with Crippen molar-refractivity contribution in [3.05, 3.63) is 47.1 Å². The van der Waals surface area contributed by atoms with E-state index in [4.69, 9.17) is 4.42 Å². The zero-order valence-corrected chi connectivity index (χ0v) is 9.96. The number of nitrogens with zero attached hydrogens (tertiary/aromatic N) is 1. The highest BCUT2D eigenvalue weighted by molar-refractivity contribution is 5.25. The Labute approximate surface area is 99.7 Å². The summed E-state index contributed by atoms with van der Waals surface area (Å²) in [6, 6.07) is 7.07. The van der Waals surface area contributed by atoms with Crippen molar-refractivity contribution in [1.29, 1.82) is 0 Å². The van der Waals surface area contributed by atoms with Gasteiger partial charge in [-0.3, -0.25) is 0 Å². The first-order valence-electron chi connectivity index (χ1n) is 5.57. The van der Waals surface area contributed by atoms with Crippen LogP contribution in [0.15, 0.2) is 28.7 Å². The van der Waals surface area contributed by atoms with E-state index in [0.29, 0.717) is 6.01 Å². The van der Waals surface area contributed by atoms with Gasteiger partial charge in [-0.05, 0) is 31.0 Å². The Hall–Kier alpha value is -1.84. The van der Waals surface area contributed by atoms with E-state index in [1.54, 1.807) is 19.2 Å². The summed E-state index contributed by atoms with van der Waals surface area (Å²) in [7, 11) is 1.77. The van der Waals surface area contributed by atoms with Crippen molar-refractivity contribution in [2.75, 3.05) is 12.4 Å². The van der Waals surface area contributed by atoms with Gasteiger partial charge in [0.15, 0.2) is 0 Å². The minimum Gasteiger partial charge on any atom is -0.428 e. The van der Waals surface area contributed by atoms with Crippen LogP contribution in [0.4, 0.5) is 10.4 Å². The second-order valence-corrected chi connectivity index (χ2v) is 3.90. The van der Waals surface area contributed by atoms with Gasteiger partial charge in [-0.15, -0.1) is 0 Å². The Morgan fingerprint density at radius 2 is 1.94 bits per heavy atom. The number of hydrogen-bond acceptors (Lipinski definition) is 3. The molecule has 90 valence electrons. The second kappa shape index (κ2) is 4.99. The third-order valence-electron chi connectivity index (χ3n) is 2.66. The van der Waals surface area contributed by atoms with Gasteiger partial charge in [-0.25, -0.2) is 4.39 Å². The third kappa shape index (κ3) is 2.84. The molecule has 1 aromatic heterocycles. The Balaban J connectivity index is 2.01. The summed E-state index contributed by atoms with van der Waals surface area (Å²) in [6.07, 6.45) is 1.59. The van der Waals surface area contributed by atoms with E-state index >= 15 is 0 Å². The molecule has 2 aromatic rings. The van der Waals surface area contributed by atoms with Crippen LogP contribution in [0.5, 0.6) is 0 Å². The number of halogens is 1. The number of benzene rings is 1. The Kier molecular flexibility index (Phi) is 3.42. The number of oxazole rings is 1. The van der Waals surface area contributed by atoms with E-state index in [-0.39, 0.29) is 5.82 Å². The summed E-state index contributed by atoms with van der Waals surface area (Å²) in [4.78, 5) is 4.22. The van der Waals surface area contributed by atoms with E-state index in [1.165, 1.54) is 12.1 Å². The summed E-state index contributed by atoms with van der Waals surface area (Å²) < 4.78 is 18.2. The molecule has 2 rings (SSSR count). The fourth-order valence-electron chi connectivity index (χ4n) is 1.68. The molecule has 0 fully saturated rings. The number of rotatable bonds is 4. The van der Waals surface area contributed by atoms with Crippen LogP contribution in [0.1, 0.15) is 17.0 Å². The van der Waals surface area contributed by atoms with Crippen LogP contribution in [-0.2, 0) is 12.8 Å². The monoisotopic (exact) mass is 234 g/mol. The summed E-state index contributed by atoms with van der Waals surface area (Å²) in [5.74, 6) is 0.667. The number of hydrogen-bond donors (Lipinski definition) is 1. The molecule has 1 N–H and O–H groups in total. The van der Waals surface area contributed by atoms with Gasteiger partial charge in [-0.1, -0.05) is 12.1 Å². The number of aromatic nitrogens is 1. The average molecular weight is 234 g/mol. The fraction of sp³-hybridized carbons (Fsp3) is 0.308. The van der Waals surface area contributed by atoms with Crippen LogP contribution < -0.4 is 5.32 Å². The minimum absolute atomic E-state index is 0.206. The summed E-state index contributed by atoms with van der Waals surface area (Å²) >= 11 is 0. The molecule has 0 spiro atoms. The van der Waals surface area contributed by atoms with Crippen molar-refractivity contribution in [1.82, 2.24) is 4.98 Å². The topological polar surface area (TPSA) is 38.1 Å². The lowest BCUT2D eigenvalue weighted by Crippen LogP contribution is -1.92. The number of anilines is 1. The maximum atomic E-state index is 12.7. The molecule has 0 aliphatic rings. The lowest BCUT2D eigenvalue weighted by molar-refractivity contribution is 0.516. The molecule has 1 aromatic carbocycles. The van der Waals surface area contributed by atoms with Crippen LogP contribution >= 0.6 is 0 Å². The van der Waals surface area contributed by atoms with Gasteiger partial charge in [0.1, 0.15) is 11.6 Å². The van der Waals surface area contributed by atoms with Gasteiger partial charge >= 0.3 is 0 Å². The average Bonchev–Trinajstić information content (AvgIpc) is 2.69. The van der Waals surface area contributed by atoms with Crippen LogP contribution in [0.3, 0.4) is 0 Å². The van der Waals surface area contributed by atoms with Crippen LogP contribution in [0.2, 0.25) is 0 Å². The van der Waals surface area contributed by atoms with Gasteiger partial charge in [0.2, 0.25) is 0 Å². The zero-order valence-electron chi connectivity index (χ0n) is 9.96. The third-order valence-corrected chi connectivity index (χ3v) is 2.66. The van der Waals surface area contributed by atoms with Gasteiger partial charge in [0.25, 0.3) is 6.01 Å². The highest BCUT2D eigenvalue weighted by Crippen LogP contribution is 2.16. The van der Waals surface area contributed by atoms with Crippen molar-refractivity contribution in [2.24, 2.45) is 0 Å². The molecule has 0 saturated carbocycles. The molecule has 3 nitrogen and oxygen atoms in total. The predicted molar refractivity (Wildman–Crippen MR) is 64.6 cm³/mol. The van der Waals surface area contributed by atoms with E-state index in [2.05, 4.69) is 10.3 Å². The van der Waals surface area contributed by atoms with E-state index in [1.807, 2.05) is 6.92 Å². The van der Waals surface area contributed by atoms with Gasteiger partial charge in [-0.2, -0.15) is 4.98 Å². The van der Waals surface area contributed by atoms with E-state index < -0.39 is 0 Å². The van der Waals surface area contributed by atoms with Gasteiger partial charge < -0.3 is 9.73 Å². The van der Waals surface area contributed by atoms with Gasteiger partial charge in [0.05, 0.1) is 5.69 Å². The molecular formula is C13H15FN2O. The Morgan fingerprint density at radius 1 is 1.24 bits per heavy atom. The van der Waals surface area contributed by atoms with Crippen molar-refractivity contribution in [3.8, 4) is 0 Å². The number of nitrogens with one attached hydrogen (secondary N) is 1. The van der Waals surface area contributed by atoms with Crippen LogP contribution in [0.25, 0.3) is 0 Å². The zero-order chi connectivity index (χ0) is 12.3. The van der Waals surface area contributed by atoms with Crippen molar-refractivity contribution >= 4 is 6.01 Å². The van der Waals surface area contributed by atoms with Crippen molar-refractivity contribution < 1.29 is 8.81 Å². The summed E-state index contributed by atoms with van der Waals surface area (Å²) in [6.45, 7) is 1.92. The van der Waals surface area contributed by atoms with Crippen molar-refractivity contribution in [2.45, 2.75) is 19.8 Å². The van der Waals surface area contributed by atoms with E-state index in [9.17, 15) is 4.39 Å². The molecular weight excluding hydrogens is 219 g/mol. The SMILES string of the molecule is CNc1nc(C)c(CCc2ccc(F)cc2)o1. The molecule has 0 unspecified atom stereocenters. The normalized spacial score (nSPS) is 10.5. The summed E-state index contributed by atoms with van der Waals surface area (Å²) in [5, 5.41) is 2.87.